The van der Waals surface area contributed by atoms with Gasteiger partial charge in [-0.1, -0.05) is 18.2 Å². The van der Waals surface area contributed by atoms with Crippen LogP contribution >= 0.6 is 22.7 Å². The first kappa shape index (κ1) is 23.3. The molecule has 1 aliphatic heterocycles. The predicted molar refractivity (Wildman–Crippen MR) is 140 cm³/mol. The Morgan fingerprint density at radius 2 is 1.94 bits per heavy atom. The molecule has 4 aromatic rings. The minimum absolute atomic E-state index is 0.130. The summed E-state index contributed by atoms with van der Waals surface area (Å²) in [6, 6.07) is 11.3. The SMILES string of the molecule is Cc1nc(N)ccc1CNC(=O)[C@@H]1CCc2cnc(NCC(c3cccs3)c3cccs3)c(=O)n21. The molecule has 0 unspecified atom stereocenters. The van der Waals surface area contributed by atoms with E-state index in [0.717, 1.165) is 17.0 Å². The average Bonchev–Trinajstić information content (AvgIpc) is 3.62. The Balaban J connectivity index is 1.32. The molecule has 0 radical (unpaired) electrons. The van der Waals surface area contributed by atoms with Crippen LogP contribution in [0.4, 0.5) is 11.6 Å². The number of nitrogens with one attached hydrogen (secondary N) is 2. The van der Waals surface area contributed by atoms with Crippen molar-refractivity contribution in [2.45, 2.75) is 38.3 Å². The zero-order valence-corrected chi connectivity index (χ0v) is 20.9. The lowest BCUT2D eigenvalue weighted by Gasteiger charge is -2.18. The highest BCUT2D eigenvalue weighted by Crippen LogP contribution is 2.31. The Hall–Kier alpha value is -3.50. The van der Waals surface area contributed by atoms with Gasteiger partial charge in [0.15, 0.2) is 5.82 Å². The molecule has 0 spiro atoms. The summed E-state index contributed by atoms with van der Waals surface area (Å²) in [4.78, 5) is 37.5. The first-order chi connectivity index (χ1) is 17.0. The second-order valence-electron chi connectivity index (χ2n) is 8.49. The molecule has 10 heteroatoms. The fourth-order valence-corrected chi connectivity index (χ4v) is 6.19. The molecular formula is C25H26N6O2S2. The summed E-state index contributed by atoms with van der Waals surface area (Å²) in [5.41, 5.74) is 7.90. The molecule has 5 rings (SSSR count). The Labute approximate surface area is 210 Å². The van der Waals surface area contributed by atoms with Crippen LogP contribution in [0.25, 0.3) is 0 Å². The quantitative estimate of drug-likeness (QED) is 0.336. The number of nitrogens with zero attached hydrogens (tertiary/aromatic N) is 3. The number of hydrogen-bond donors (Lipinski definition) is 3. The van der Waals surface area contributed by atoms with E-state index in [1.807, 2.05) is 25.1 Å². The summed E-state index contributed by atoms with van der Waals surface area (Å²) in [5, 5.41) is 10.3. The predicted octanol–water partition coefficient (Wildman–Crippen LogP) is 3.70. The van der Waals surface area contributed by atoms with E-state index in [-0.39, 0.29) is 23.2 Å². The summed E-state index contributed by atoms with van der Waals surface area (Å²) >= 11 is 3.39. The number of hydrogen-bond acceptors (Lipinski definition) is 8. The Morgan fingerprint density at radius 3 is 2.60 bits per heavy atom. The highest BCUT2D eigenvalue weighted by Gasteiger charge is 2.31. The molecule has 0 aromatic carbocycles. The number of fused-ring (bicyclic) bond motifs is 1. The number of aromatic nitrogens is 3. The number of anilines is 2. The minimum Gasteiger partial charge on any atom is -0.384 e. The van der Waals surface area contributed by atoms with Gasteiger partial charge >= 0.3 is 0 Å². The summed E-state index contributed by atoms with van der Waals surface area (Å²) in [6.07, 6.45) is 2.91. The van der Waals surface area contributed by atoms with E-state index in [4.69, 9.17) is 5.73 Å². The lowest BCUT2D eigenvalue weighted by atomic mass is 10.1. The van der Waals surface area contributed by atoms with E-state index >= 15 is 0 Å². The van der Waals surface area contributed by atoms with E-state index in [0.29, 0.717) is 31.7 Å². The number of pyridine rings is 1. The largest absolute Gasteiger partial charge is 0.384 e. The van der Waals surface area contributed by atoms with Gasteiger partial charge in [-0.25, -0.2) is 9.97 Å². The number of carbonyl (C=O) groups excluding carboxylic acids is 1. The topological polar surface area (TPSA) is 115 Å². The lowest BCUT2D eigenvalue weighted by molar-refractivity contribution is -0.124. The van der Waals surface area contributed by atoms with Gasteiger partial charge in [0, 0.05) is 46.3 Å². The van der Waals surface area contributed by atoms with Gasteiger partial charge in [-0.15, -0.1) is 22.7 Å². The van der Waals surface area contributed by atoms with Gasteiger partial charge < -0.3 is 16.4 Å². The standard InChI is InChI=1S/C25H26N6O2S2/c1-15-16(6-9-22(26)30-15)12-29-24(32)19-8-7-17-13-27-23(25(33)31(17)19)28-14-18(20-4-2-10-34-20)21-5-3-11-35-21/h2-6,9-11,13,18-19H,7-8,12,14H2,1H3,(H2,26,30)(H,27,28)(H,29,32)/t19-/m0/s1. The van der Waals surface area contributed by atoms with Crippen molar-refractivity contribution in [3.8, 4) is 0 Å². The van der Waals surface area contributed by atoms with Crippen molar-refractivity contribution in [2.75, 3.05) is 17.6 Å². The van der Waals surface area contributed by atoms with Crippen molar-refractivity contribution in [1.82, 2.24) is 19.9 Å². The normalized spacial score (nSPS) is 14.7. The number of nitrogens with two attached hydrogens (primary N) is 1. The maximum absolute atomic E-state index is 13.4. The van der Waals surface area contributed by atoms with Crippen LogP contribution in [-0.2, 0) is 17.8 Å². The zero-order valence-electron chi connectivity index (χ0n) is 19.2. The summed E-state index contributed by atoms with van der Waals surface area (Å²) < 4.78 is 1.59. The van der Waals surface area contributed by atoms with Crippen LogP contribution < -0.4 is 21.9 Å². The first-order valence-corrected chi connectivity index (χ1v) is 13.2. The zero-order chi connectivity index (χ0) is 24.4. The molecule has 4 aromatic heterocycles. The molecule has 0 fully saturated rings. The molecular weight excluding hydrogens is 480 g/mol. The lowest BCUT2D eigenvalue weighted by Crippen LogP contribution is -2.36. The fourth-order valence-electron chi connectivity index (χ4n) is 4.43. The van der Waals surface area contributed by atoms with Crippen LogP contribution in [-0.4, -0.2) is 27.0 Å². The highest BCUT2D eigenvalue weighted by molar-refractivity contribution is 7.11. The van der Waals surface area contributed by atoms with Gasteiger partial charge in [0.25, 0.3) is 5.56 Å². The Morgan fingerprint density at radius 1 is 1.20 bits per heavy atom. The highest BCUT2D eigenvalue weighted by atomic mass is 32.1. The van der Waals surface area contributed by atoms with Gasteiger partial charge in [0.2, 0.25) is 5.91 Å². The van der Waals surface area contributed by atoms with E-state index < -0.39 is 6.04 Å². The molecule has 0 aliphatic carbocycles. The second kappa shape index (κ2) is 10.0. The maximum atomic E-state index is 13.4. The van der Waals surface area contributed by atoms with Crippen molar-refractivity contribution < 1.29 is 4.79 Å². The monoisotopic (exact) mass is 506 g/mol. The van der Waals surface area contributed by atoms with Gasteiger partial charge in [0.1, 0.15) is 11.9 Å². The van der Waals surface area contributed by atoms with E-state index in [1.165, 1.54) is 9.75 Å². The van der Waals surface area contributed by atoms with E-state index in [1.54, 1.807) is 39.5 Å². The third-order valence-electron chi connectivity index (χ3n) is 6.28. The number of aryl methyl sites for hydroxylation is 2. The fraction of sp³-hybridized carbons (Fsp3) is 0.280. The maximum Gasteiger partial charge on any atom is 0.294 e. The molecule has 4 N–H and O–H groups in total. The smallest absolute Gasteiger partial charge is 0.294 e. The number of rotatable bonds is 8. The third-order valence-corrected chi connectivity index (χ3v) is 8.25. The molecule has 0 saturated heterocycles. The molecule has 1 aliphatic rings. The molecule has 1 atom stereocenters. The molecule has 8 nitrogen and oxygen atoms in total. The Bertz CT molecular complexity index is 1350. The van der Waals surface area contributed by atoms with Crippen molar-refractivity contribution >= 4 is 40.2 Å². The van der Waals surface area contributed by atoms with Crippen LogP contribution in [0.1, 0.15) is 45.1 Å². The molecule has 5 heterocycles. The van der Waals surface area contributed by atoms with Crippen LogP contribution in [0.15, 0.2) is 58.1 Å². The number of amides is 1. The summed E-state index contributed by atoms with van der Waals surface area (Å²) in [6.45, 7) is 2.73. The van der Waals surface area contributed by atoms with Gasteiger partial charge in [-0.3, -0.25) is 14.2 Å². The van der Waals surface area contributed by atoms with Crippen LogP contribution in [0, 0.1) is 6.92 Å². The molecule has 0 bridgehead atoms. The van der Waals surface area contributed by atoms with Crippen molar-refractivity contribution in [1.29, 1.82) is 0 Å². The first-order valence-electron chi connectivity index (χ1n) is 11.4. The van der Waals surface area contributed by atoms with E-state index in [9.17, 15) is 9.59 Å². The van der Waals surface area contributed by atoms with Crippen LogP contribution in [0.3, 0.4) is 0 Å². The number of thiophene rings is 2. The van der Waals surface area contributed by atoms with Crippen molar-refractivity contribution in [3.63, 3.8) is 0 Å². The molecule has 0 saturated carbocycles. The van der Waals surface area contributed by atoms with E-state index in [2.05, 4.69) is 43.5 Å². The van der Waals surface area contributed by atoms with Crippen molar-refractivity contribution in [3.05, 3.63) is 90.4 Å². The van der Waals surface area contributed by atoms with Crippen LogP contribution in [0.5, 0.6) is 0 Å². The summed E-state index contributed by atoms with van der Waals surface area (Å²) in [5.74, 6) is 0.659. The van der Waals surface area contributed by atoms with Crippen LogP contribution in [0.2, 0.25) is 0 Å². The number of carbonyl (C=O) groups is 1. The molecule has 1 amide bonds. The Kier molecular flexibility index (Phi) is 6.65. The number of nitrogen functional groups attached to an aromatic ring is 1. The van der Waals surface area contributed by atoms with Crippen molar-refractivity contribution in [2.24, 2.45) is 0 Å². The van der Waals surface area contributed by atoms with Gasteiger partial charge in [0.05, 0.1) is 0 Å². The average molecular weight is 507 g/mol. The molecule has 35 heavy (non-hydrogen) atoms. The van der Waals surface area contributed by atoms with Gasteiger partial charge in [-0.05, 0) is 54.3 Å². The second-order valence-corrected chi connectivity index (χ2v) is 10.4. The minimum atomic E-state index is -0.562. The summed E-state index contributed by atoms with van der Waals surface area (Å²) in [7, 11) is 0. The molecule has 180 valence electrons. The third kappa shape index (κ3) is 4.85. The van der Waals surface area contributed by atoms with Gasteiger partial charge in [-0.2, -0.15) is 0 Å².